The van der Waals surface area contributed by atoms with Gasteiger partial charge in [-0.15, -0.1) is 5.10 Å². The summed E-state index contributed by atoms with van der Waals surface area (Å²) in [4.78, 5) is 25.3. The Balaban J connectivity index is 1.34. The highest BCUT2D eigenvalue weighted by molar-refractivity contribution is 7.99. The lowest BCUT2D eigenvalue weighted by Gasteiger charge is -2.11. The number of amides is 2. The minimum Gasteiger partial charge on any atom is -0.352 e. The highest BCUT2D eigenvalue weighted by Crippen LogP contribution is 2.20. The van der Waals surface area contributed by atoms with Crippen molar-refractivity contribution in [1.82, 2.24) is 25.5 Å². The lowest BCUT2D eigenvalue weighted by atomic mass is 10.1. The smallest absolute Gasteiger partial charge is 0.253 e. The fourth-order valence-electron chi connectivity index (χ4n) is 3.21. The number of hydrogen-bond acceptors (Lipinski definition) is 6. The molecular weight excluding hydrogens is 455 g/mol. The van der Waals surface area contributed by atoms with Crippen LogP contribution in [0.2, 0.25) is 0 Å². The zero-order valence-electron chi connectivity index (χ0n) is 18.0. The Kier molecular flexibility index (Phi) is 7.61. The number of hydrogen-bond donors (Lipinski definition) is 2. The Morgan fingerprint density at radius 1 is 0.971 bits per heavy atom. The summed E-state index contributed by atoms with van der Waals surface area (Å²) in [6, 6.07) is 22.5. The second kappa shape index (κ2) is 11.2. The van der Waals surface area contributed by atoms with E-state index in [9.17, 15) is 14.0 Å². The van der Waals surface area contributed by atoms with Crippen molar-refractivity contribution >= 4 is 29.3 Å². The second-order valence-corrected chi connectivity index (χ2v) is 8.17. The van der Waals surface area contributed by atoms with Crippen LogP contribution in [-0.4, -0.2) is 44.3 Å². The van der Waals surface area contributed by atoms with E-state index in [1.165, 1.54) is 16.8 Å². The van der Waals surface area contributed by atoms with Gasteiger partial charge in [-0.3, -0.25) is 9.59 Å². The van der Waals surface area contributed by atoms with Gasteiger partial charge in [0.25, 0.3) is 5.91 Å². The molecule has 172 valence electrons. The number of thioether (sulfide) groups is 1. The molecule has 10 heteroatoms. The molecule has 2 amide bonds. The number of rotatable bonds is 9. The van der Waals surface area contributed by atoms with Crippen molar-refractivity contribution < 1.29 is 14.0 Å². The highest BCUT2D eigenvalue weighted by Gasteiger charge is 2.15. The van der Waals surface area contributed by atoms with Crippen LogP contribution in [0.5, 0.6) is 0 Å². The van der Waals surface area contributed by atoms with E-state index in [4.69, 9.17) is 0 Å². The standard InChI is InChI=1S/C24H21FN6O2S/c25-18-9-6-10-19(15-18)31-24(28-29-30-31)34-16-22(32)27-21-12-5-4-11-20(21)23(33)26-14-13-17-7-2-1-3-8-17/h1-12,15H,13-14,16H2,(H,26,33)(H,27,32). The van der Waals surface area contributed by atoms with Crippen molar-refractivity contribution in [3.63, 3.8) is 0 Å². The summed E-state index contributed by atoms with van der Waals surface area (Å²) < 4.78 is 14.9. The lowest BCUT2D eigenvalue weighted by Crippen LogP contribution is -2.27. The molecule has 0 saturated carbocycles. The number of carbonyl (C=O) groups excluding carboxylic acids is 2. The van der Waals surface area contributed by atoms with Gasteiger partial charge in [0.2, 0.25) is 11.1 Å². The van der Waals surface area contributed by atoms with Crippen molar-refractivity contribution in [2.24, 2.45) is 0 Å². The molecule has 0 radical (unpaired) electrons. The van der Waals surface area contributed by atoms with Crippen LogP contribution in [-0.2, 0) is 11.2 Å². The predicted octanol–water partition coefficient (Wildman–Crippen LogP) is 3.50. The van der Waals surface area contributed by atoms with E-state index in [1.54, 1.807) is 36.4 Å². The zero-order valence-corrected chi connectivity index (χ0v) is 18.8. The van der Waals surface area contributed by atoms with Gasteiger partial charge in [-0.2, -0.15) is 4.68 Å². The van der Waals surface area contributed by atoms with Gasteiger partial charge in [-0.25, -0.2) is 4.39 Å². The Hall–Kier alpha value is -4.05. The van der Waals surface area contributed by atoms with E-state index in [1.807, 2.05) is 30.3 Å². The van der Waals surface area contributed by atoms with Crippen LogP contribution in [0.4, 0.5) is 10.1 Å². The van der Waals surface area contributed by atoms with Gasteiger partial charge in [0.05, 0.1) is 22.7 Å². The highest BCUT2D eigenvalue weighted by atomic mass is 32.2. The molecule has 0 bridgehead atoms. The molecule has 0 unspecified atom stereocenters. The topological polar surface area (TPSA) is 102 Å². The minimum atomic E-state index is -0.416. The number of aromatic nitrogens is 4. The van der Waals surface area contributed by atoms with Crippen molar-refractivity contribution in [2.45, 2.75) is 11.6 Å². The first-order valence-electron chi connectivity index (χ1n) is 10.5. The average Bonchev–Trinajstić information content (AvgIpc) is 3.32. The summed E-state index contributed by atoms with van der Waals surface area (Å²) in [5.41, 5.74) is 2.36. The zero-order chi connectivity index (χ0) is 23.8. The molecule has 0 fully saturated rings. The third kappa shape index (κ3) is 6.04. The maximum Gasteiger partial charge on any atom is 0.253 e. The molecule has 4 rings (SSSR count). The molecule has 34 heavy (non-hydrogen) atoms. The monoisotopic (exact) mass is 476 g/mol. The minimum absolute atomic E-state index is 0.000348. The number of benzene rings is 3. The Bertz CT molecular complexity index is 1280. The Labute approximate surface area is 199 Å². The van der Waals surface area contributed by atoms with Crippen LogP contribution < -0.4 is 10.6 Å². The quantitative estimate of drug-likeness (QED) is 0.359. The first-order chi connectivity index (χ1) is 16.6. The molecule has 0 atom stereocenters. The molecule has 1 aromatic heterocycles. The van der Waals surface area contributed by atoms with Crippen molar-refractivity contribution in [1.29, 1.82) is 0 Å². The van der Waals surface area contributed by atoms with E-state index < -0.39 is 5.82 Å². The van der Waals surface area contributed by atoms with Gasteiger partial charge >= 0.3 is 0 Å². The molecule has 0 spiro atoms. The summed E-state index contributed by atoms with van der Waals surface area (Å²) in [7, 11) is 0. The Morgan fingerprint density at radius 3 is 2.59 bits per heavy atom. The van der Waals surface area contributed by atoms with Gasteiger partial charge in [0.15, 0.2) is 0 Å². The normalized spacial score (nSPS) is 10.6. The molecule has 8 nitrogen and oxygen atoms in total. The van der Waals surface area contributed by atoms with Gasteiger partial charge in [-0.1, -0.05) is 60.3 Å². The van der Waals surface area contributed by atoms with Crippen LogP contribution in [0.1, 0.15) is 15.9 Å². The van der Waals surface area contributed by atoms with Crippen molar-refractivity contribution in [2.75, 3.05) is 17.6 Å². The van der Waals surface area contributed by atoms with Crippen molar-refractivity contribution in [3.8, 4) is 5.69 Å². The largest absolute Gasteiger partial charge is 0.352 e. The summed E-state index contributed by atoms with van der Waals surface area (Å²) in [6.45, 7) is 0.476. The van der Waals surface area contributed by atoms with Crippen LogP contribution in [0.25, 0.3) is 5.69 Å². The third-order valence-electron chi connectivity index (χ3n) is 4.81. The first kappa shape index (κ1) is 23.1. The average molecular weight is 477 g/mol. The number of tetrazole rings is 1. The number of carbonyl (C=O) groups is 2. The van der Waals surface area contributed by atoms with Gasteiger partial charge in [0.1, 0.15) is 5.82 Å². The fourth-order valence-corrected chi connectivity index (χ4v) is 3.90. The Morgan fingerprint density at radius 2 is 1.76 bits per heavy atom. The van der Waals surface area contributed by atoms with E-state index in [0.717, 1.165) is 17.3 Å². The molecule has 3 aromatic carbocycles. The van der Waals surface area contributed by atoms with Crippen LogP contribution in [0, 0.1) is 5.82 Å². The number of nitrogens with zero attached hydrogens (tertiary/aromatic N) is 4. The SMILES string of the molecule is O=C(CSc1nnnn1-c1cccc(F)c1)Nc1ccccc1C(=O)NCCc1ccccc1. The third-order valence-corrected chi connectivity index (χ3v) is 5.73. The molecule has 0 saturated heterocycles. The molecule has 0 aliphatic heterocycles. The summed E-state index contributed by atoms with van der Waals surface area (Å²) in [6.07, 6.45) is 0.706. The molecule has 1 heterocycles. The number of nitrogens with one attached hydrogen (secondary N) is 2. The molecule has 0 aliphatic carbocycles. The maximum atomic E-state index is 13.5. The maximum absolute atomic E-state index is 13.5. The van der Waals surface area contributed by atoms with Crippen LogP contribution in [0.3, 0.4) is 0 Å². The van der Waals surface area contributed by atoms with Crippen LogP contribution in [0.15, 0.2) is 84.0 Å². The van der Waals surface area contributed by atoms with Gasteiger partial charge in [-0.05, 0) is 52.7 Å². The summed E-state index contributed by atoms with van der Waals surface area (Å²) in [5, 5.41) is 17.4. The van der Waals surface area contributed by atoms with Crippen LogP contribution >= 0.6 is 11.8 Å². The summed E-state index contributed by atoms with van der Waals surface area (Å²) in [5.74, 6) is -1.02. The number of anilines is 1. The van der Waals surface area contributed by atoms with E-state index in [-0.39, 0.29) is 17.6 Å². The first-order valence-corrected chi connectivity index (χ1v) is 11.5. The fraction of sp³-hybridized carbons (Fsp3) is 0.125. The van der Waals surface area contributed by atoms with Gasteiger partial charge < -0.3 is 10.6 Å². The van der Waals surface area contributed by atoms with E-state index in [0.29, 0.717) is 35.1 Å². The van der Waals surface area contributed by atoms with E-state index >= 15 is 0 Å². The number of para-hydroxylation sites is 1. The molecule has 2 N–H and O–H groups in total. The molecule has 4 aromatic rings. The molecule has 0 aliphatic rings. The summed E-state index contributed by atoms with van der Waals surface area (Å²) >= 11 is 1.10. The second-order valence-electron chi connectivity index (χ2n) is 7.23. The van der Waals surface area contributed by atoms with Gasteiger partial charge in [0, 0.05) is 6.54 Å². The lowest BCUT2D eigenvalue weighted by molar-refractivity contribution is -0.113. The molecular formula is C24H21FN6O2S. The predicted molar refractivity (Wildman–Crippen MR) is 127 cm³/mol. The number of halogens is 1. The van der Waals surface area contributed by atoms with Crippen molar-refractivity contribution in [3.05, 3.63) is 95.8 Å². The van der Waals surface area contributed by atoms with E-state index in [2.05, 4.69) is 26.2 Å².